The molecule has 1 N–H and O–H groups in total. The van der Waals surface area contributed by atoms with Gasteiger partial charge >= 0.3 is 0 Å². The topological polar surface area (TPSA) is 46.2 Å². The van der Waals surface area contributed by atoms with Crippen LogP contribution in [0, 0.1) is 0 Å². The molecule has 1 aromatic rings. The summed E-state index contributed by atoms with van der Waals surface area (Å²) in [4.78, 5) is 0. The van der Waals surface area contributed by atoms with E-state index in [0.717, 1.165) is 24.2 Å². The first-order chi connectivity index (χ1) is 6.25. The highest BCUT2D eigenvalue weighted by Crippen LogP contribution is 2.23. The van der Waals surface area contributed by atoms with Gasteiger partial charge in [0, 0.05) is 12.2 Å². The minimum absolute atomic E-state index is 0.143. The molecule has 0 spiro atoms. The molecule has 0 bridgehead atoms. The second-order valence-corrected chi connectivity index (χ2v) is 4.14. The van der Waals surface area contributed by atoms with Crippen LogP contribution in [0.3, 0.4) is 0 Å². The van der Waals surface area contributed by atoms with Crippen LogP contribution in [0.2, 0.25) is 0 Å². The smallest absolute Gasteiger partial charge is 0.144 e. The van der Waals surface area contributed by atoms with E-state index in [9.17, 15) is 8.42 Å². The second kappa shape index (κ2) is 3.38. The fraction of sp³-hybridized carbons (Fsp3) is 0.333. The lowest BCUT2D eigenvalue weighted by atomic mass is 10.1. The molecule has 0 fully saturated rings. The molecule has 0 saturated heterocycles. The number of rotatable bonds is 2. The molecule has 1 aliphatic heterocycles. The Balaban J connectivity index is 2.30. The summed E-state index contributed by atoms with van der Waals surface area (Å²) < 4.78 is 21.0. The monoisotopic (exact) mass is 197 g/mol. The molecule has 0 aliphatic carbocycles. The Morgan fingerprint density at radius 2 is 2.23 bits per heavy atom. The highest BCUT2D eigenvalue weighted by molar-refractivity contribution is 7.71. The number of fused-ring (bicyclic) bond motifs is 1. The van der Waals surface area contributed by atoms with Gasteiger partial charge in [0.25, 0.3) is 0 Å². The average Bonchev–Trinajstić information content (AvgIpc) is 2.49. The number of thiol groups is 1. The molecular weight excluding hydrogens is 186 g/mol. The average molecular weight is 197 g/mol. The van der Waals surface area contributed by atoms with Crippen molar-refractivity contribution in [3.63, 3.8) is 0 Å². The predicted molar refractivity (Wildman–Crippen MR) is 52.7 cm³/mol. The van der Waals surface area contributed by atoms with E-state index in [1.807, 2.05) is 18.2 Å². The van der Waals surface area contributed by atoms with E-state index < -0.39 is 10.7 Å². The summed E-state index contributed by atoms with van der Waals surface area (Å²) in [6, 6.07) is 5.81. The quantitative estimate of drug-likeness (QED) is 0.688. The Hall–Kier alpha value is -1.03. The van der Waals surface area contributed by atoms with Crippen molar-refractivity contribution in [2.24, 2.45) is 0 Å². The lowest BCUT2D eigenvalue weighted by Gasteiger charge is -2.01. The molecule has 1 heterocycles. The largest absolute Gasteiger partial charge is 0.384 e. The zero-order valence-electron chi connectivity index (χ0n) is 7.12. The Labute approximate surface area is 78.7 Å². The summed E-state index contributed by atoms with van der Waals surface area (Å²) in [5.41, 5.74) is 3.24. The van der Waals surface area contributed by atoms with Gasteiger partial charge in [-0.25, -0.2) is 8.42 Å². The molecule has 0 radical (unpaired) electrons. The molecule has 1 aromatic carbocycles. The van der Waals surface area contributed by atoms with Gasteiger partial charge in [-0.15, -0.1) is 0 Å². The van der Waals surface area contributed by atoms with E-state index in [0.29, 0.717) is 0 Å². The molecular formula is C9H11NO2S. The van der Waals surface area contributed by atoms with E-state index in [2.05, 4.69) is 5.32 Å². The van der Waals surface area contributed by atoms with Gasteiger partial charge in [0.2, 0.25) is 0 Å². The van der Waals surface area contributed by atoms with Crippen molar-refractivity contribution >= 4 is 16.4 Å². The van der Waals surface area contributed by atoms with Gasteiger partial charge in [-0.3, -0.25) is 0 Å². The van der Waals surface area contributed by atoms with E-state index >= 15 is 0 Å². The van der Waals surface area contributed by atoms with Crippen LogP contribution in [-0.4, -0.2) is 15.0 Å². The number of nitrogens with one attached hydrogen (secondary N) is 1. The number of hydrogen-bond donors (Lipinski definition) is 2. The summed E-state index contributed by atoms with van der Waals surface area (Å²) in [6.45, 7) is 0.961. The molecule has 13 heavy (non-hydrogen) atoms. The van der Waals surface area contributed by atoms with Gasteiger partial charge in [0.1, 0.15) is 10.7 Å². The first kappa shape index (κ1) is 8.56. The van der Waals surface area contributed by atoms with Crippen LogP contribution >= 0.6 is 0 Å². The second-order valence-electron chi connectivity index (χ2n) is 3.16. The molecule has 1 aliphatic rings. The summed E-state index contributed by atoms with van der Waals surface area (Å²) in [5, 5.41) is 3.22. The van der Waals surface area contributed by atoms with Gasteiger partial charge in [-0.05, 0) is 23.6 Å². The highest BCUT2D eigenvalue weighted by atomic mass is 32.2. The van der Waals surface area contributed by atoms with Crippen LogP contribution in [0.4, 0.5) is 5.69 Å². The van der Waals surface area contributed by atoms with Gasteiger partial charge in [0.15, 0.2) is 0 Å². The van der Waals surface area contributed by atoms with Crippen molar-refractivity contribution in [1.82, 2.24) is 0 Å². The normalized spacial score (nSPS) is 14.2. The molecule has 0 atom stereocenters. The lowest BCUT2D eigenvalue weighted by molar-refractivity contribution is 0.614. The van der Waals surface area contributed by atoms with E-state index in [4.69, 9.17) is 0 Å². The van der Waals surface area contributed by atoms with Crippen LogP contribution in [0.1, 0.15) is 11.1 Å². The third kappa shape index (κ3) is 1.83. The van der Waals surface area contributed by atoms with E-state index in [1.54, 1.807) is 0 Å². The van der Waals surface area contributed by atoms with Crippen molar-refractivity contribution in [3.8, 4) is 0 Å². The highest BCUT2D eigenvalue weighted by Gasteiger charge is 2.09. The maximum atomic E-state index is 10.5. The van der Waals surface area contributed by atoms with Gasteiger partial charge < -0.3 is 5.32 Å². The van der Waals surface area contributed by atoms with Crippen LogP contribution < -0.4 is 5.32 Å². The van der Waals surface area contributed by atoms with Crippen LogP contribution in [0.15, 0.2) is 18.2 Å². The summed E-state index contributed by atoms with van der Waals surface area (Å²) in [5.74, 6) is 0.143. The number of hydrogen-bond acceptors (Lipinski definition) is 3. The Kier molecular flexibility index (Phi) is 2.22. The molecule has 70 valence electrons. The zero-order chi connectivity index (χ0) is 9.26. The Morgan fingerprint density at radius 1 is 1.38 bits per heavy atom. The first-order valence-corrected chi connectivity index (χ1v) is 5.59. The SMILES string of the molecule is O=[SH](=O)Cc1ccc2c(c1)NCC2. The summed E-state index contributed by atoms with van der Waals surface area (Å²) in [7, 11) is -2.31. The van der Waals surface area contributed by atoms with Gasteiger partial charge in [0.05, 0.1) is 5.75 Å². The molecule has 0 amide bonds. The number of anilines is 1. The molecule has 2 rings (SSSR count). The van der Waals surface area contributed by atoms with Crippen molar-refractivity contribution in [2.75, 3.05) is 11.9 Å². The third-order valence-electron chi connectivity index (χ3n) is 2.20. The van der Waals surface area contributed by atoms with Crippen molar-refractivity contribution in [3.05, 3.63) is 29.3 Å². The van der Waals surface area contributed by atoms with Crippen molar-refractivity contribution in [2.45, 2.75) is 12.2 Å². The van der Waals surface area contributed by atoms with Gasteiger partial charge in [-0.2, -0.15) is 0 Å². The maximum absolute atomic E-state index is 10.5. The van der Waals surface area contributed by atoms with Crippen LogP contribution in [0.5, 0.6) is 0 Å². The standard InChI is InChI=1S/C9H11NO2S/c11-13(12)6-7-1-2-8-3-4-10-9(8)5-7/h1-2,5,10,13H,3-4,6H2. The van der Waals surface area contributed by atoms with Crippen LogP contribution in [0.25, 0.3) is 0 Å². The molecule has 0 aromatic heterocycles. The molecule has 3 nitrogen and oxygen atoms in total. The first-order valence-electron chi connectivity index (χ1n) is 4.23. The van der Waals surface area contributed by atoms with Crippen molar-refractivity contribution < 1.29 is 8.42 Å². The van der Waals surface area contributed by atoms with Gasteiger partial charge in [-0.1, -0.05) is 12.1 Å². The molecule has 4 heteroatoms. The molecule has 0 unspecified atom stereocenters. The minimum atomic E-state index is -2.31. The predicted octanol–water partition coefficient (Wildman–Crippen LogP) is 0.766. The van der Waals surface area contributed by atoms with E-state index in [-0.39, 0.29) is 5.75 Å². The fourth-order valence-electron chi connectivity index (χ4n) is 1.59. The summed E-state index contributed by atoms with van der Waals surface area (Å²) in [6.07, 6.45) is 1.04. The Bertz CT molecular complexity index is 391. The zero-order valence-corrected chi connectivity index (χ0v) is 8.01. The van der Waals surface area contributed by atoms with E-state index in [1.165, 1.54) is 5.56 Å². The minimum Gasteiger partial charge on any atom is -0.384 e. The fourth-order valence-corrected chi connectivity index (χ4v) is 2.08. The Morgan fingerprint density at radius 3 is 3.00 bits per heavy atom. The lowest BCUT2D eigenvalue weighted by Crippen LogP contribution is -1.92. The molecule has 0 saturated carbocycles. The van der Waals surface area contributed by atoms with Crippen molar-refractivity contribution in [1.29, 1.82) is 0 Å². The maximum Gasteiger partial charge on any atom is 0.144 e. The third-order valence-corrected chi connectivity index (χ3v) is 2.82. The van der Waals surface area contributed by atoms with Crippen LogP contribution in [-0.2, 0) is 22.9 Å². The summed E-state index contributed by atoms with van der Waals surface area (Å²) >= 11 is 0. The number of benzene rings is 1.